The summed E-state index contributed by atoms with van der Waals surface area (Å²) < 4.78 is 0. The van der Waals surface area contributed by atoms with Crippen molar-refractivity contribution in [2.24, 2.45) is 5.92 Å². The summed E-state index contributed by atoms with van der Waals surface area (Å²) >= 11 is 0. The predicted molar refractivity (Wildman–Crippen MR) is 128 cm³/mol. The summed E-state index contributed by atoms with van der Waals surface area (Å²) in [6.07, 6.45) is 25.4. The number of rotatable bonds is 21. The third-order valence-corrected chi connectivity index (χ3v) is 5.71. The van der Waals surface area contributed by atoms with Crippen molar-refractivity contribution >= 4 is 5.97 Å². The standard InChI is InChI=1S/C21H44O.C5H10O2/c1-3-5-7-9-11-12-14-16-18-21(19-20-22)17-15-13-10-8-6-4-2;1-2-3-4-5(6)7/h21-22H,3-20H2,1-2H3;2-4H2,1H3,(H,6,7). The van der Waals surface area contributed by atoms with E-state index >= 15 is 0 Å². The van der Waals surface area contributed by atoms with Gasteiger partial charge in [0.25, 0.3) is 0 Å². The Labute approximate surface area is 183 Å². The molecule has 0 fully saturated rings. The van der Waals surface area contributed by atoms with Gasteiger partial charge in [-0.05, 0) is 18.8 Å². The van der Waals surface area contributed by atoms with E-state index in [0.29, 0.717) is 13.0 Å². The van der Waals surface area contributed by atoms with Crippen LogP contribution in [0.2, 0.25) is 0 Å². The first-order valence-electron chi connectivity index (χ1n) is 12.9. The monoisotopic (exact) mass is 414 g/mol. The summed E-state index contributed by atoms with van der Waals surface area (Å²) in [5, 5.41) is 17.3. The maximum atomic E-state index is 9.76. The quantitative estimate of drug-likeness (QED) is 0.185. The summed E-state index contributed by atoms with van der Waals surface area (Å²) in [5.74, 6) is 0.0955. The maximum Gasteiger partial charge on any atom is 0.303 e. The van der Waals surface area contributed by atoms with Gasteiger partial charge in [0.2, 0.25) is 0 Å². The van der Waals surface area contributed by atoms with Crippen molar-refractivity contribution < 1.29 is 15.0 Å². The maximum absolute atomic E-state index is 9.76. The SMILES string of the molecule is CCCCC(=O)O.CCCCCCCCCCC(CCO)CCCCCCCC. The second-order valence-corrected chi connectivity index (χ2v) is 8.70. The van der Waals surface area contributed by atoms with Crippen LogP contribution in [0.25, 0.3) is 0 Å². The Morgan fingerprint density at radius 2 is 0.966 bits per heavy atom. The molecular formula is C26H54O3. The molecule has 0 aliphatic heterocycles. The Kier molecular flexibility index (Phi) is 29.0. The molecule has 0 aromatic rings. The van der Waals surface area contributed by atoms with Gasteiger partial charge in [0.1, 0.15) is 0 Å². The van der Waals surface area contributed by atoms with Crippen LogP contribution in [0.5, 0.6) is 0 Å². The Bertz CT molecular complexity index is 304. The van der Waals surface area contributed by atoms with Crippen molar-refractivity contribution in [3.05, 3.63) is 0 Å². The zero-order valence-corrected chi connectivity index (χ0v) is 20.2. The van der Waals surface area contributed by atoms with Gasteiger partial charge in [-0.1, -0.05) is 130 Å². The van der Waals surface area contributed by atoms with E-state index in [1.54, 1.807) is 0 Å². The fourth-order valence-corrected chi connectivity index (χ4v) is 3.72. The fraction of sp³-hybridized carbons (Fsp3) is 0.962. The number of aliphatic carboxylic acids is 1. The van der Waals surface area contributed by atoms with Crippen molar-refractivity contribution in [1.82, 2.24) is 0 Å². The molecule has 0 amide bonds. The average molecular weight is 415 g/mol. The van der Waals surface area contributed by atoms with E-state index in [4.69, 9.17) is 5.11 Å². The van der Waals surface area contributed by atoms with E-state index in [2.05, 4.69) is 13.8 Å². The van der Waals surface area contributed by atoms with Crippen LogP contribution in [-0.4, -0.2) is 22.8 Å². The molecule has 3 nitrogen and oxygen atoms in total. The van der Waals surface area contributed by atoms with E-state index in [1.807, 2.05) is 6.92 Å². The molecule has 0 saturated carbocycles. The van der Waals surface area contributed by atoms with Gasteiger partial charge in [0.15, 0.2) is 0 Å². The Hall–Kier alpha value is -0.570. The number of unbranched alkanes of at least 4 members (excludes halogenated alkanes) is 13. The van der Waals surface area contributed by atoms with Gasteiger partial charge in [0, 0.05) is 13.0 Å². The van der Waals surface area contributed by atoms with Crippen LogP contribution in [-0.2, 0) is 4.79 Å². The molecule has 0 aromatic heterocycles. The lowest BCUT2D eigenvalue weighted by molar-refractivity contribution is -0.137. The van der Waals surface area contributed by atoms with Gasteiger partial charge in [0.05, 0.1) is 0 Å². The lowest BCUT2D eigenvalue weighted by atomic mass is 9.92. The summed E-state index contributed by atoms with van der Waals surface area (Å²) in [7, 11) is 0. The minimum atomic E-state index is -0.693. The van der Waals surface area contributed by atoms with E-state index in [0.717, 1.165) is 25.2 Å². The topological polar surface area (TPSA) is 57.5 Å². The van der Waals surface area contributed by atoms with E-state index in [-0.39, 0.29) is 0 Å². The van der Waals surface area contributed by atoms with Crippen LogP contribution < -0.4 is 0 Å². The van der Waals surface area contributed by atoms with E-state index in [1.165, 1.54) is 103 Å². The summed E-state index contributed by atoms with van der Waals surface area (Å²) in [6.45, 7) is 6.92. The molecule has 1 atom stereocenters. The highest BCUT2D eigenvalue weighted by atomic mass is 16.4. The molecule has 2 N–H and O–H groups in total. The molecule has 0 saturated heterocycles. The summed E-state index contributed by atoms with van der Waals surface area (Å²) in [6, 6.07) is 0. The first-order valence-corrected chi connectivity index (χ1v) is 12.9. The van der Waals surface area contributed by atoms with E-state index in [9.17, 15) is 9.90 Å². The first kappa shape index (κ1) is 30.6. The van der Waals surface area contributed by atoms with Crippen molar-refractivity contribution in [2.75, 3.05) is 6.61 Å². The lowest BCUT2D eigenvalue weighted by Crippen LogP contribution is -2.03. The molecule has 29 heavy (non-hydrogen) atoms. The molecular weight excluding hydrogens is 360 g/mol. The van der Waals surface area contributed by atoms with Crippen molar-refractivity contribution in [1.29, 1.82) is 0 Å². The summed E-state index contributed by atoms with van der Waals surface area (Å²) in [5.41, 5.74) is 0. The van der Waals surface area contributed by atoms with Crippen molar-refractivity contribution in [3.63, 3.8) is 0 Å². The minimum Gasteiger partial charge on any atom is -0.481 e. The molecule has 0 aliphatic carbocycles. The number of aliphatic hydroxyl groups excluding tert-OH is 1. The van der Waals surface area contributed by atoms with Gasteiger partial charge in [-0.15, -0.1) is 0 Å². The molecule has 0 spiro atoms. The van der Waals surface area contributed by atoms with Crippen LogP contribution in [0.4, 0.5) is 0 Å². The van der Waals surface area contributed by atoms with Gasteiger partial charge in [-0.3, -0.25) is 4.79 Å². The highest BCUT2D eigenvalue weighted by Crippen LogP contribution is 2.21. The molecule has 176 valence electrons. The fourth-order valence-electron chi connectivity index (χ4n) is 3.72. The number of carboxylic acid groups (broad SMARTS) is 1. The third-order valence-electron chi connectivity index (χ3n) is 5.71. The lowest BCUT2D eigenvalue weighted by Gasteiger charge is -2.15. The molecule has 0 aromatic carbocycles. The molecule has 1 unspecified atom stereocenters. The number of hydrogen-bond acceptors (Lipinski definition) is 2. The van der Waals surface area contributed by atoms with Crippen LogP contribution in [0.3, 0.4) is 0 Å². The molecule has 0 radical (unpaired) electrons. The molecule has 0 bridgehead atoms. The second-order valence-electron chi connectivity index (χ2n) is 8.70. The predicted octanol–water partition coefficient (Wildman–Crippen LogP) is 8.53. The van der Waals surface area contributed by atoms with Crippen LogP contribution >= 0.6 is 0 Å². The average Bonchev–Trinajstić information content (AvgIpc) is 2.71. The minimum absolute atomic E-state index is 0.316. The first-order chi connectivity index (χ1) is 14.1. The van der Waals surface area contributed by atoms with Crippen LogP contribution in [0.15, 0.2) is 0 Å². The smallest absolute Gasteiger partial charge is 0.303 e. The zero-order chi connectivity index (χ0) is 22.0. The van der Waals surface area contributed by atoms with Gasteiger partial charge in [-0.25, -0.2) is 0 Å². The van der Waals surface area contributed by atoms with Gasteiger partial charge < -0.3 is 10.2 Å². The number of carbonyl (C=O) groups is 1. The Morgan fingerprint density at radius 1 is 0.586 bits per heavy atom. The largest absolute Gasteiger partial charge is 0.481 e. The third kappa shape index (κ3) is 29.7. The number of carboxylic acids is 1. The zero-order valence-electron chi connectivity index (χ0n) is 20.2. The highest BCUT2D eigenvalue weighted by Gasteiger charge is 2.07. The van der Waals surface area contributed by atoms with Crippen molar-refractivity contribution in [2.45, 2.75) is 149 Å². The summed E-state index contributed by atoms with van der Waals surface area (Å²) in [4.78, 5) is 9.76. The number of hydrogen-bond donors (Lipinski definition) is 2. The molecule has 0 heterocycles. The molecule has 3 heteroatoms. The van der Waals surface area contributed by atoms with Crippen molar-refractivity contribution in [3.8, 4) is 0 Å². The number of aliphatic hydroxyl groups is 1. The Balaban J connectivity index is 0. The van der Waals surface area contributed by atoms with Gasteiger partial charge in [-0.2, -0.15) is 0 Å². The van der Waals surface area contributed by atoms with Gasteiger partial charge >= 0.3 is 5.97 Å². The van der Waals surface area contributed by atoms with Crippen LogP contribution in [0.1, 0.15) is 149 Å². The van der Waals surface area contributed by atoms with E-state index < -0.39 is 5.97 Å². The normalized spacial score (nSPS) is 11.7. The van der Waals surface area contributed by atoms with Crippen LogP contribution in [0, 0.1) is 5.92 Å². The second kappa shape index (κ2) is 27.4. The highest BCUT2D eigenvalue weighted by molar-refractivity contribution is 5.66. The molecule has 0 aliphatic rings. The molecule has 0 rings (SSSR count). The Morgan fingerprint density at radius 3 is 1.28 bits per heavy atom.